The Morgan fingerprint density at radius 3 is 2.40 bits per heavy atom. The smallest absolute Gasteiger partial charge is 0.329 e. The number of carbonyl (C=O) groups excluding carboxylic acids is 1. The van der Waals surface area contributed by atoms with Crippen molar-refractivity contribution in [3.8, 4) is 0 Å². The zero-order chi connectivity index (χ0) is 14.4. The van der Waals surface area contributed by atoms with Crippen LogP contribution in [0.25, 0.3) is 0 Å². The van der Waals surface area contributed by atoms with Crippen LogP contribution >= 0.6 is 0 Å². The summed E-state index contributed by atoms with van der Waals surface area (Å²) in [6.45, 7) is 0. The third-order valence-electron chi connectivity index (χ3n) is 3.96. The normalized spacial score (nSPS) is 16.8. The van der Waals surface area contributed by atoms with Gasteiger partial charge in [0.05, 0.1) is 0 Å². The number of amides is 1. The topological polar surface area (TPSA) is 66.4 Å². The van der Waals surface area contributed by atoms with Gasteiger partial charge in [-0.1, -0.05) is 43.2 Å². The van der Waals surface area contributed by atoms with E-state index in [1.165, 1.54) is 5.56 Å². The summed E-state index contributed by atoms with van der Waals surface area (Å²) in [5.74, 6) is -1.04. The molecule has 20 heavy (non-hydrogen) atoms. The van der Waals surface area contributed by atoms with E-state index in [1.54, 1.807) is 0 Å². The van der Waals surface area contributed by atoms with Gasteiger partial charge in [-0.15, -0.1) is 0 Å². The number of hydrogen-bond donors (Lipinski definition) is 2. The van der Waals surface area contributed by atoms with E-state index < -0.39 is 11.5 Å². The second-order valence-electron chi connectivity index (χ2n) is 5.48. The van der Waals surface area contributed by atoms with Crippen molar-refractivity contribution in [1.82, 2.24) is 5.32 Å². The van der Waals surface area contributed by atoms with Crippen LogP contribution in [-0.2, 0) is 16.0 Å². The van der Waals surface area contributed by atoms with Gasteiger partial charge in [-0.2, -0.15) is 0 Å². The molecule has 4 nitrogen and oxygen atoms in total. The maximum Gasteiger partial charge on any atom is 0.329 e. The minimum atomic E-state index is -1.01. The fraction of sp³-hybridized carbons (Fsp3) is 0.500. The van der Waals surface area contributed by atoms with E-state index in [1.807, 2.05) is 30.3 Å². The molecule has 1 aromatic carbocycles. The molecule has 0 aromatic heterocycles. The van der Waals surface area contributed by atoms with Crippen LogP contribution in [0.3, 0.4) is 0 Å². The molecule has 0 heterocycles. The number of aliphatic carboxylic acids is 1. The van der Waals surface area contributed by atoms with Crippen molar-refractivity contribution in [3.05, 3.63) is 35.9 Å². The zero-order valence-electron chi connectivity index (χ0n) is 11.6. The predicted molar refractivity (Wildman–Crippen MR) is 76.4 cm³/mol. The van der Waals surface area contributed by atoms with Crippen molar-refractivity contribution in [2.75, 3.05) is 0 Å². The van der Waals surface area contributed by atoms with Crippen LogP contribution in [0.15, 0.2) is 30.3 Å². The first kappa shape index (κ1) is 14.6. The minimum Gasteiger partial charge on any atom is -0.480 e. The summed E-state index contributed by atoms with van der Waals surface area (Å²) in [4.78, 5) is 23.3. The second kappa shape index (κ2) is 6.55. The quantitative estimate of drug-likeness (QED) is 0.838. The highest BCUT2D eigenvalue weighted by molar-refractivity contribution is 5.87. The second-order valence-corrected chi connectivity index (χ2v) is 5.48. The van der Waals surface area contributed by atoms with Crippen LogP contribution in [0.4, 0.5) is 0 Å². The molecule has 1 aromatic rings. The molecule has 108 valence electrons. The lowest BCUT2D eigenvalue weighted by molar-refractivity contribution is -0.147. The van der Waals surface area contributed by atoms with Crippen LogP contribution < -0.4 is 5.32 Å². The fourth-order valence-corrected chi connectivity index (χ4v) is 2.80. The Balaban J connectivity index is 1.79. The van der Waals surface area contributed by atoms with E-state index in [2.05, 4.69) is 5.32 Å². The molecule has 0 bridgehead atoms. The summed E-state index contributed by atoms with van der Waals surface area (Å²) in [6.07, 6.45) is 4.80. The number of carboxylic acid groups (broad SMARTS) is 1. The fourth-order valence-electron chi connectivity index (χ4n) is 2.80. The average Bonchev–Trinajstić information content (AvgIpc) is 2.90. The van der Waals surface area contributed by atoms with Gasteiger partial charge >= 0.3 is 5.97 Å². The first-order chi connectivity index (χ1) is 9.62. The summed E-state index contributed by atoms with van der Waals surface area (Å²) >= 11 is 0. The highest BCUT2D eigenvalue weighted by Crippen LogP contribution is 2.30. The first-order valence-corrected chi connectivity index (χ1v) is 7.21. The number of aryl methyl sites for hydroxylation is 1. The molecule has 0 spiro atoms. The molecule has 1 fully saturated rings. The Hall–Kier alpha value is -1.84. The number of nitrogens with one attached hydrogen (secondary N) is 1. The monoisotopic (exact) mass is 275 g/mol. The Kier molecular flexibility index (Phi) is 4.77. The zero-order valence-corrected chi connectivity index (χ0v) is 11.6. The molecule has 0 radical (unpaired) electrons. The summed E-state index contributed by atoms with van der Waals surface area (Å²) in [7, 11) is 0. The van der Waals surface area contributed by atoms with Gasteiger partial charge in [0.2, 0.25) is 5.91 Å². The van der Waals surface area contributed by atoms with Gasteiger partial charge in [-0.25, -0.2) is 4.79 Å². The Labute approximate surface area is 119 Å². The number of rotatable bonds is 6. The van der Waals surface area contributed by atoms with E-state index in [0.717, 1.165) is 25.7 Å². The number of carboxylic acids is 1. The summed E-state index contributed by atoms with van der Waals surface area (Å²) in [6, 6.07) is 9.99. The van der Waals surface area contributed by atoms with Gasteiger partial charge in [-0.3, -0.25) is 4.79 Å². The molecule has 0 aliphatic heterocycles. The summed E-state index contributed by atoms with van der Waals surface area (Å²) in [5.41, 5.74) is 0.193. The van der Waals surface area contributed by atoms with Crippen molar-refractivity contribution in [1.29, 1.82) is 0 Å². The van der Waals surface area contributed by atoms with Gasteiger partial charge < -0.3 is 10.4 Å². The molecular formula is C16H21NO3. The van der Waals surface area contributed by atoms with E-state index in [0.29, 0.717) is 19.3 Å². The lowest BCUT2D eigenvalue weighted by atomic mass is 9.97. The molecular weight excluding hydrogens is 254 g/mol. The third-order valence-corrected chi connectivity index (χ3v) is 3.96. The Bertz CT molecular complexity index is 464. The number of carbonyl (C=O) groups is 2. The van der Waals surface area contributed by atoms with Crippen LogP contribution in [0.5, 0.6) is 0 Å². The Morgan fingerprint density at radius 1 is 1.15 bits per heavy atom. The van der Waals surface area contributed by atoms with E-state index in [-0.39, 0.29) is 5.91 Å². The van der Waals surface area contributed by atoms with Crippen molar-refractivity contribution >= 4 is 11.9 Å². The molecule has 0 unspecified atom stereocenters. The average molecular weight is 275 g/mol. The number of benzene rings is 1. The SMILES string of the molecule is O=C(CCCc1ccccc1)NC1(C(=O)O)CCCC1. The molecule has 0 atom stereocenters. The summed E-state index contributed by atoms with van der Waals surface area (Å²) < 4.78 is 0. The van der Waals surface area contributed by atoms with Gasteiger partial charge in [-0.05, 0) is 31.2 Å². The molecule has 1 aliphatic rings. The highest BCUT2D eigenvalue weighted by atomic mass is 16.4. The molecule has 4 heteroatoms. The van der Waals surface area contributed by atoms with Crippen molar-refractivity contribution in [3.63, 3.8) is 0 Å². The third kappa shape index (κ3) is 3.59. The standard InChI is InChI=1S/C16H21NO3/c18-14(10-6-9-13-7-2-1-3-8-13)17-16(15(19)20)11-4-5-12-16/h1-3,7-8H,4-6,9-12H2,(H,17,18)(H,19,20). The van der Waals surface area contributed by atoms with E-state index in [4.69, 9.17) is 0 Å². The predicted octanol–water partition coefficient (Wildman–Crippen LogP) is 2.52. The lowest BCUT2D eigenvalue weighted by Crippen LogP contribution is -2.52. The summed E-state index contributed by atoms with van der Waals surface area (Å²) in [5, 5.41) is 12.0. The Morgan fingerprint density at radius 2 is 1.80 bits per heavy atom. The van der Waals surface area contributed by atoms with Gasteiger partial charge in [0.25, 0.3) is 0 Å². The highest BCUT2D eigenvalue weighted by Gasteiger charge is 2.42. The van der Waals surface area contributed by atoms with Gasteiger partial charge in [0.1, 0.15) is 5.54 Å². The maximum atomic E-state index is 11.9. The molecule has 1 amide bonds. The van der Waals surface area contributed by atoms with Crippen molar-refractivity contribution < 1.29 is 14.7 Å². The van der Waals surface area contributed by atoms with Crippen LogP contribution in [-0.4, -0.2) is 22.5 Å². The van der Waals surface area contributed by atoms with Crippen LogP contribution in [0.2, 0.25) is 0 Å². The van der Waals surface area contributed by atoms with Crippen LogP contribution in [0.1, 0.15) is 44.1 Å². The maximum absolute atomic E-state index is 11.9. The molecule has 1 saturated carbocycles. The van der Waals surface area contributed by atoms with Crippen molar-refractivity contribution in [2.45, 2.75) is 50.5 Å². The first-order valence-electron chi connectivity index (χ1n) is 7.21. The van der Waals surface area contributed by atoms with E-state index >= 15 is 0 Å². The van der Waals surface area contributed by atoms with Gasteiger partial charge in [0, 0.05) is 6.42 Å². The van der Waals surface area contributed by atoms with E-state index in [9.17, 15) is 14.7 Å². The molecule has 2 rings (SSSR count). The minimum absolute atomic E-state index is 0.148. The van der Waals surface area contributed by atoms with Gasteiger partial charge in [0.15, 0.2) is 0 Å². The molecule has 1 aliphatic carbocycles. The van der Waals surface area contributed by atoms with Crippen molar-refractivity contribution in [2.24, 2.45) is 0 Å². The molecule has 0 saturated heterocycles. The van der Waals surface area contributed by atoms with Crippen LogP contribution in [0, 0.1) is 0 Å². The molecule has 2 N–H and O–H groups in total. The largest absolute Gasteiger partial charge is 0.480 e. The number of hydrogen-bond acceptors (Lipinski definition) is 2. The lowest BCUT2D eigenvalue weighted by Gasteiger charge is -2.25.